The maximum absolute atomic E-state index is 5.82. The Hall–Kier alpha value is -1.41. The second-order valence-electron chi connectivity index (χ2n) is 2.89. The number of pyridine rings is 2. The van der Waals surface area contributed by atoms with Crippen LogP contribution in [0, 0.1) is 0 Å². The lowest BCUT2D eigenvalue weighted by Crippen LogP contribution is -1.89. The van der Waals surface area contributed by atoms with Gasteiger partial charge in [0.2, 0.25) is 0 Å². The molecule has 2 nitrogen and oxygen atoms in total. The van der Waals surface area contributed by atoms with E-state index in [0.29, 0.717) is 5.88 Å². The van der Waals surface area contributed by atoms with Crippen molar-refractivity contribution in [2.24, 2.45) is 0 Å². The maximum atomic E-state index is 5.82. The average Bonchev–Trinajstić information content (AvgIpc) is 2.30. The van der Waals surface area contributed by atoms with Crippen LogP contribution in [0.1, 0.15) is 5.56 Å². The van der Waals surface area contributed by atoms with Crippen LogP contribution in [0.25, 0.3) is 11.3 Å². The van der Waals surface area contributed by atoms with Gasteiger partial charge < -0.3 is 0 Å². The summed E-state index contributed by atoms with van der Waals surface area (Å²) < 4.78 is 0. The van der Waals surface area contributed by atoms with Crippen LogP contribution >= 0.6 is 11.6 Å². The number of aromatic nitrogens is 2. The Morgan fingerprint density at radius 2 is 2.00 bits per heavy atom. The number of hydrogen-bond donors (Lipinski definition) is 0. The second-order valence-corrected chi connectivity index (χ2v) is 3.15. The molecule has 3 heteroatoms. The minimum Gasteiger partial charge on any atom is -0.264 e. The lowest BCUT2D eigenvalue weighted by Gasteiger charge is -2.04. The van der Waals surface area contributed by atoms with Crippen LogP contribution in [-0.4, -0.2) is 9.97 Å². The Balaban J connectivity index is 2.51. The molecule has 70 valence electrons. The van der Waals surface area contributed by atoms with Crippen LogP contribution in [0.3, 0.4) is 0 Å². The standard InChI is InChI=1S/C11H9ClN2/c12-7-9-3-2-6-14-11(9)10-4-1-5-13-8-10/h1-6,8H,7H2. The van der Waals surface area contributed by atoms with E-state index in [-0.39, 0.29) is 0 Å². The fraction of sp³-hybridized carbons (Fsp3) is 0.0909. The summed E-state index contributed by atoms with van der Waals surface area (Å²) in [5.41, 5.74) is 2.95. The van der Waals surface area contributed by atoms with E-state index in [2.05, 4.69) is 9.97 Å². The molecule has 0 aliphatic heterocycles. The molecule has 0 atom stereocenters. The SMILES string of the molecule is ClCc1cccnc1-c1cccnc1. The highest BCUT2D eigenvalue weighted by molar-refractivity contribution is 6.17. The molecular weight excluding hydrogens is 196 g/mol. The highest BCUT2D eigenvalue weighted by Gasteiger charge is 2.03. The van der Waals surface area contributed by atoms with E-state index in [4.69, 9.17) is 11.6 Å². The minimum absolute atomic E-state index is 0.470. The fourth-order valence-corrected chi connectivity index (χ4v) is 1.52. The van der Waals surface area contributed by atoms with Gasteiger partial charge in [-0.3, -0.25) is 9.97 Å². The van der Waals surface area contributed by atoms with Crippen molar-refractivity contribution in [1.82, 2.24) is 9.97 Å². The Kier molecular flexibility index (Phi) is 2.75. The summed E-state index contributed by atoms with van der Waals surface area (Å²) in [6.45, 7) is 0. The zero-order valence-electron chi connectivity index (χ0n) is 7.52. The summed E-state index contributed by atoms with van der Waals surface area (Å²) >= 11 is 5.82. The fourth-order valence-electron chi connectivity index (χ4n) is 1.31. The molecule has 2 aromatic heterocycles. The number of rotatable bonds is 2. The summed E-state index contributed by atoms with van der Waals surface area (Å²) in [5, 5.41) is 0. The van der Waals surface area contributed by atoms with E-state index in [1.807, 2.05) is 24.3 Å². The molecule has 14 heavy (non-hydrogen) atoms. The van der Waals surface area contributed by atoms with E-state index >= 15 is 0 Å². The van der Waals surface area contributed by atoms with Gasteiger partial charge in [0.05, 0.1) is 5.69 Å². The zero-order chi connectivity index (χ0) is 9.80. The first-order chi connectivity index (χ1) is 6.92. The molecule has 0 aromatic carbocycles. The molecular formula is C11H9ClN2. The van der Waals surface area contributed by atoms with Gasteiger partial charge in [0.25, 0.3) is 0 Å². The van der Waals surface area contributed by atoms with Gasteiger partial charge >= 0.3 is 0 Å². The van der Waals surface area contributed by atoms with Gasteiger partial charge in [-0.2, -0.15) is 0 Å². The molecule has 0 amide bonds. The van der Waals surface area contributed by atoms with Crippen molar-refractivity contribution in [3.8, 4) is 11.3 Å². The number of halogens is 1. The normalized spacial score (nSPS) is 10.1. The lowest BCUT2D eigenvalue weighted by molar-refractivity contribution is 1.23. The maximum Gasteiger partial charge on any atom is 0.0761 e. The van der Waals surface area contributed by atoms with Crippen molar-refractivity contribution in [2.45, 2.75) is 5.88 Å². The summed E-state index contributed by atoms with van der Waals surface area (Å²) in [6.07, 6.45) is 5.30. The first-order valence-corrected chi connectivity index (χ1v) is 4.85. The molecule has 0 saturated carbocycles. The molecule has 0 aliphatic rings. The molecule has 0 N–H and O–H groups in total. The van der Waals surface area contributed by atoms with Crippen LogP contribution in [0.2, 0.25) is 0 Å². The van der Waals surface area contributed by atoms with Crippen molar-refractivity contribution < 1.29 is 0 Å². The van der Waals surface area contributed by atoms with Crippen LogP contribution in [0.4, 0.5) is 0 Å². The van der Waals surface area contributed by atoms with Gasteiger partial charge in [-0.15, -0.1) is 11.6 Å². The van der Waals surface area contributed by atoms with Crippen LogP contribution in [0.5, 0.6) is 0 Å². The van der Waals surface area contributed by atoms with Crippen LogP contribution < -0.4 is 0 Å². The number of alkyl halides is 1. The average molecular weight is 205 g/mol. The van der Waals surface area contributed by atoms with Crippen molar-refractivity contribution in [3.63, 3.8) is 0 Å². The van der Waals surface area contributed by atoms with Crippen molar-refractivity contribution in [2.75, 3.05) is 0 Å². The van der Waals surface area contributed by atoms with Gasteiger partial charge in [0.15, 0.2) is 0 Å². The number of hydrogen-bond acceptors (Lipinski definition) is 2. The van der Waals surface area contributed by atoms with E-state index < -0.39 is 0 Å². The predicted molar refractivity (Wildman–Crippen MR) is 57.0 cm³/mol. The first kappa shape index (κ1) is 9.16. The Labute approximate surface area is 87.6 Å². The topological polar surface area (TPSA) is 25.8 Å². The van der Waals surface area contributed by atoms with Crippen LogP contribution in [-0.2, 0) is 5.88 Å². The quantitative estimate of drug-likeness (QED) is 0.703. The third kappa shape index (κ3) is 1.75. The van der Waals surface area contributed by atoms with Crippen LogP contribution in [0.15, 0.2) is 42.9 Å². The molecule has 0 aliphatic carbocycles. The number of nitrogens with zero attached hydrogens (tertiary/aromatic N) is 2. The summed E-state index contributed by atoms with van der Waals surface area (Å²) in [7, 11) is 0. The van der Waals surface area contributed by atoms with Crippen molar-refractivity contribution in [1.29, 1.82) is 0 Å². The van der Waals surface area contributed by atoms with Gasteiger partial charge in [-0.25, -0.2) is 0 Å². The molecule has 2 rings (SSSR count). The van der Waals surface area contributed by atoms with Gasteiger partial charge in [-0.1, -0.05) is 6.07 Å². The van der Waals surface area contributed by atoms with E-state index in [1.165, 1.54) is 0 Å². The summed E-state index contributed by atoms with van der Waals surface area (Å²) in [6, 6.07) is 7.73. The van der Waals surface area contributed by atoms with Gasteiger partial charge in [0, 0.05) is 30.0 Å². The van der Waals surface area contributed by atoms with Gasteiger partial charge in [-0.05, 0) is 23.8 Å². The Morgan fingerprint density at radius 3 is 2.71 bits per heavy atom. The summed E-state index contributed by atoms with van der Waals surface area (Å²) in [4.78, 5) is 8.35. The highest BCUT2D eigenvalue weighted by atomic mass is 35.5. The molecule has 0 spiro atoms. The largest absolute Gasteiger partial charge is 0.264 e. The Morgan fingerprint density at radius 1 is 1.14 bits per heavy atom. The molecule has 0 bridgehead atoms. The molecule has 0 unspecified atom stereocenters. The van der Waals surface area contributed by atoms with Crippen molar-refractivity contribution >= 4 is 11.6 Å². The monoisotopic (exact) mass is 204 g/mol. The van der Waals surface area contributed by atoms with Gasteiger partial charge in [0.1, 0.15) is 0 Å². The molecule has 2 heterocycles. The third-order valence-corrected chi connectivity index (χ3v) is 2.26. The molecule has 0 saturated heterocycles. The molecule has 2 aromatic rings. The van der Waals surface area contributed by atoms with E-state index in [9.17, 15) is 0 Å². The highest BCUT2D eigenvalue weighted by Crippen LogP contribution is 2.20. The lowest BCUT2D eigenvalue weighted by atomic mass is 10.1. The molecule has 0 fully saturated rings. The Bertz CT molecular complexity index is 415. The third-order valence-electron chi connectivity index (χ3n) is 1.97. The van der Waals surface area contributed by atoms with Crippen molar-refractivity contribution in [3.05, 3.63) is 48.4 Å². The zero-order valence-corrected chi connectivity index (χ0v) is 8.28. The predicted octanol–water partition coefficient (Wildman–Crippen LogP) is 2.88. The minimum atomic E-state index is 0.470. The van der Waals surface area contributed by atoms with E-state index in [0.717, 1.165) is 16.8 Å². The second kappa shape index (κ2) is 4.20. The summed E-state index contributed by atoms with van der Waals surface area (Å²) in [5.74, 6) is 0.470. The molecule has 0 radical (unpaired) electrons. The van der Waals surface area contributed by atoms with E-state index in [1.54, 1.807) is 18.6 Å². The first-order valence-electron chi connectivity index (χ1n) is 4.32. The smallest absolute Gasteiger partial charge is 0.0761 e.